The number of benzene rings is 1. The Morgan fingerprint density at radius 3 is 2.71 bits per heavy atom. The maximum absolute atomic E-state index is 11.9. The van der Waals surface area contributed by atoms with Crippen LogP contribution in [0.5, 0.6) is 0 Å². The van der Waals surface area contributed by atoms with Crippen molar-refractivity contribution in [3.8, 4) is 0 Å². The number of carbonyl (C=O) groups excluding carboxylic acids is 1. The van der Waals surface area contributed by atoms with E-state index in [4.69, 9.17) is 22.7 Å². The highest BCUT2D eigenvalue weighted by molar-refractivity contribution is 7.80. The number of rotatable bonds is 5. The molecule has 0 saturated carbocycles. The van der Waals surface area contributed by atoms with Crippen molar-refractivity contribution in [2.75, 3.05) is 18.0 Å². The Balaban J connectivity index is 1.98. The lowest BCUT2D eigenvalue weighted by atomic mass is 10.0. The van der Waals surface area contributed by atoms with Crippen LogP contribution >= 0.6 is 12.2 Å². The average molecular weight is 307 g/mol. The molecular weight excluding hydrogens is 286 g/mol. The maximum Gasteiger partial charge on any atom is 0.414 e. The molecule has 0 spiro atoms. The molecule has 1 aromatic carbocycles. The SMILES string of the molecule is CC(C)Cc1ccc(N2C[C@H](CNC(N)=S)OC2=O)cc1. The van der Waals surface area contributed by atoms with Crippen LogP contribution in [0.4, 0.5) is 10.5 Å². The minimum atomic E-state index is -0.332. The van der Waals surface area contributed by atoms with Crippen LogP contribution in [0.2, 0.25) is 0 Å². The van der Waals surface area contributed by atoms with Crippen molar-refractivity contribution >= 4 is 29.1 Å². The average Bonchev–Trinajstić information content (AvgIpc) is 2.78. The lowest BCUT2D eigenvalue weighted by molar-refractivity contribution is 0.143. The van der Waals surface area contributed by atoms with Gasteiger partial charge < -0.3 is 15.8 Å². The molecule has 1 aliphatic rings. The number of carbonyl (C=O) groups is 1. The minimum Gasteiger partial charge on any atom is -0.442 e. The number of nitrogens with two attached hydrogens (primary N) is 1. The minimum absolute atomic E-state index is 0.211. The van der Waals surface area contributed by atoms with Crippen molar-refractivity contribution in [2.24, 2.45) is 11.7 Å². The Morgan fingerprint density at radius 1 is 1.48 bits per heavy atom. The van der Waals surface area contributed by atoms with Crippen LogP contribution in [-0.4, -0.2) is 30.4 Å². The van der Waals surface area contributed by atoms with E-state index in [0.717, 1.165) is 12.1 Å². The summed E-state index contributed by atoms with van der Waals surface area (Å²) in [6.45, 7) is 5.30. The van der Waals surface area contributed by atoms with Gasteiger partial charge >= 0.3 is 6.09 Å². The fourth-order valence-corrected chi connectivity index (χ4v) is 2.42. The topological polar surface area (TPSA) is 67.6 Å². The van der Waals surface area contributed by atoms with Crippen LogP contribution in [0.1, 0.15) is 19.4 Å². The number of cyclic esters (lactones) is 1. The number of amides is 1. The van der Waals surface area contributed by atoms with E-state index in [-0.39, 0.29) is 17.3 Å². The number of hydrogen-bond donors (Lipinski definition) is 2. The maximum atomic E-state index is 11.9. The number of ether oxygens (including phenoxy) is 1. The third kappa shape index (κ3) is 4.32. The number of nitrogens with one attached hydrogen (secondary N) is 1. The van der Waals surface area contributed by atoms with Gasteiger partial charge in [0.1, 0.15) is 6.10 Å². The van der Waals surface area contributed by atoms with Crippen LogP contribution in [0.25, 0.3) is 0 Å². The standard InChI is InChI=1S/C15H21N3O2S/c1-10(2)7-11-3-5-12(6-4-11)18-9-13(20-15(18)19)8-17-14(16)21/h3-6,10,13H,7-9H2,1-2H3,(H3,16,17,21)/t13-/m0/s1. The third-order valence-electron chi connectivity index (χ3n) is 3.27. The lowest BCUT2D eigenvalue weighted by Gasteiger charge is -2.14. The molecule has 0 aliphatic carbocycles. The zero-order chi connectivity index (χ0) is 15.4. The Hall–Kier alpha value is -1.82. The molecule has 6 heteroatoms. The van der Waals surface area contributed by atoms with Gasteiger partial charge in [-0.05, 0) is 42.3 Å². The van der Waals surface area contributed by atoms with Gasteiger partial charge in [0.05, 0.1) is 13.1 Å². The first-order valence-electron chi connectivity index (χ1n) is 7.06. The van der Waals surface area contributed by atoms with Crippen LogP contribution in [0.3, 0.4) is 0 Å². The molecular formula is C15H21N3O2S. The first-order valence-corrected chi connectivity index (χ1v) is 7.47. The summed E-state index contributed by atoms with van der Waals surface area (Å²) in [6, 6.07) is 8.04. The van der Waals surface area contributed by atoms with E-state index in [1.807, 2.05) is 12.1 Å². The second-order valence-corrected chi connectivity index (χ2v) is 6.07. The summed E-state index contributed by atoms with van der Waals surface area (Å²) < 4.78 is 5.28. The molecule has 114 valence electrons. The molecule has 1 amide bonds. The van der Waals surface area contributed by atoms with Gasteiger partial charge in [-0.1, -0.05) is 26.0 Å². The Morgan fingerprint density at radius 2 is 2.14 bits per heavy atom. The molecule has 21 heavy (non-hydrogen) atoms. The molecule has 5 nitrogen and oxygen atoms in total. The van der Waals surface area contributed by atoms with Gasteiger partial charge in [0.15, 0.2) is 5.11 Å². The van der Waals surface area contributed by atoms with Gasteiger partial charge in [0.2, 0.25) is 0 Å². The Bertz CT molecular complexity index is 516. The van der Waals surface area contributed by atoms with Crippen molar-refractivity contribution in [1.29, 1.82) is 0 Å². The molecule has 1 aliphatic heterocycles. The molecule has 0 bridgehead atoms. The van der Waals surface area contributed by atoms with Crippen LogP contribution in [-0.2, 0) is 11.2 Å². The van der Waals surface area contributed by atoms with E-state index >= 15 is 0 Å². The lowest BCUT2D eigenvalue weighted by Crippen LogP contribution is -2.37. The first-order chi connectivity index (χ1) is 9.95. The van der Waals surface area contributed by atoms with Gasteiger partial charge in [-0.15, -0.1) is 0 Å². The van der Waals surface area contributed by atoms with Crippen molar-refractivity contribution in [3.05, 3.63) is 29.8 Å². The Kier molecular flexibility index (Phi) is 5.01. The van der Waals surface area contributed by atoms with Gasteiger partial charge in [-0.3, -0.25) is 4.90 Å². The predicted molar refractivity (Wildman–Crippen MR) is 87.4 cm³/mol. The summed E-state index contributed by atoms with van der Waals surface area (Å²) in [4.78, 5) is 13.5. The number of hydrogen-bond acceptors (Lipinski definition) is 3. The summed E-state index contributed by atoms with van der Waals surface area (Å²) in [5.74, 6) is 0.614. The van der Waals surface area contributed by atoms with E-state index in [0.29, 0.717) is 19.0 Å². The quantitative estimate of drug-likeness (QED) is 0.815. The molecule has 3 N–H and O–H groups in total. The summed E-state index contributed by atoms with van der Waals surface area (Å²) in [7, 11) is 0. The fraction of sp³-hybridized carbons (Fsp3) is 0.467. The molecule has 1 fully saturated rings. The fourth-order valence-electron chi connectivity index (χ4n) is 2.34. The number of nitrogens with zero attached hydrogens (tertiary/aromatic N) is 1. The number of thiocarbonyl (C=S) groups is 1. The highest BCUT2D eigenvalue weighted by atomic mass is 32.1. The molecule has 1 saturated heterocycles. The van der Waals surface area contributed by atoms with Gasteiger partial charge in [-0.25, -0.2) is 4.79 Å². The normalized spacial score (nSPS) is 18.0. The summed E-state index contributed by atoms with van der Waals surface area (Å²) >= 11 is 4.74. The molecule has 1 heterocycles. The highest BCUT2D eigenvalue weighted by Gasteiger charge is 2.32. The molecule has 0 unspecified atom stereocenters. The van der Waals surface area contributed by atoms with E-state index < -0.39 is 0 Å². The molecule has 1 aromatic rings. The van der Waals surface area contributed by atoms with Crippen molar-refractivity contribution in [2.45, 2.75) is 26.4 Å². The monoisotopic (exact) mass is 307 g/mol. The second kappa shape index (κ2) is 6.76. The second-order valence-electron chi connectivity index (χ2n) is 5.63. The number of anilines is 1. The van der Waals surface area contributed by atoms with E-state index in [1.54, 1.807) is 4.90 Å². The zero-order valence-electron chi connectivity index (χ0n) is 12.3. The smallest absolute Gasteiger partial charge is 0.414 e. The summed E-state index contributed by atoms with van der Waals surface area (Å²) in [5, 5.41) is 3.03. The molecule has 1 atom stereocenters. The van der Waals surface area contributed by atoms with Gasteiger partial charge in [-0.2, -0.15) is 0 Å². The van der Waals surface area contributed by atoms with E-state index in [1.165, 1.54) is 5.56 Å². The van der Waals surface area contributed by atoms with Crippen LogP contribution < -0.4 is 16.0 Å². The van der Waals surface area contributed by atoms with Crippen molar-refractivity contribution in [3.63, 3.8) is 0 Å². The predicted octanol–water partition coefficient (Wildman–Crippen LogP) is 2.04. The summed E-state index contributed by atoms with van der Waals surface area (Å²) in [6.07, 6.45) is 0.460. The molecule has 0 aromatic heterocycles. The molecule has 2 rings (SSSR count). The van der Waals surface area contributed by atoms with Crippen molar-refractivity contribution < 1.29 is 9.53 Å². The van der Waals surface area contributed by atoms with Crippen LogP contribution in [0.15, 0.2) is 24.3 Å². The highest BCUT2D eigenvalue weighted by Crippen LogP contribution is 2.22. The van der Waals surface area contributed by atoms with Crippen molar-refractivity contribution in [1.82, 2.24) is 5.32 Å². The first kappa shape index (κ1) is 15.6. The zero-order valence-corrected chi connectivity index (χ0v) is 13.2. The van der Waals surface area contributed by atoms with E-state index in [9.17, 15) is 4.79 Å². The third-order valence-corrected chi connectivity index (χ3v) is 3.41. The largest absolute Gasteiger partial charge is 0.442 e. The van der Waals surface area contributed by atoms with E-state index in [2.05, 4.69) is 31.3 Å². The van der Waals surface area contributed by atoms with Gasteiger partial charge in [0, 0.05) is 5.69 Å². The van der Waals surface area contributed by atoms with Gasteiger partial charge in [0.25, 0.3) is 0 Å². The Labute approximate surface area is 130 Å². The molecule has 0 radical (unpaired) electrons. The van der Waals surface area contributed by atoms with Crippen LogP contribution in [0, 0.1) is 5.92 Å². The summed E-state index contributed by atoms with van der Waals surface area (Å²) in [5.41, 5.74) is 7.50.